The maximum atomic E-state index is 11.4. The van der Waals surface area contributed by atoms with Gasteiger partial charge in [-0.1, -0.05) is 35.4 Å². The van der Waals surface area contributed by atoms with Crippen LogP contribution < -0.4 is 11.5 Å². The summed E-state index contributed by atoms with van der Waals surface area (Å²) in [6.45, 7) is 4.24. The minimum atomic E-state index is -1.04. The Kier molecular flexibility index (Phi) is 9.25. The molecule has 0 aliphatic rings. The molecule has 0 amide bonds. The summed E-state index contributed by atoms with van der Waals surface area (Å²) in [4.78, 5) is 21.8. The minimum Gasteiger partial charge on any atom is -0.480 e. The van der Waals surface area contributed by atoms with Gasteiger partial charge in [0, 0.05) is 11.5 Å². The molecule has 0 heterocycles. The first-order valence-corrected chi connectivity index (χ1v) is 7.98. The number of rotatable bonds is 9. The van der Waals surface area contributed by atoms with Crippen LogP contribution in [0.15, 0.2) is 0 Å². The van der Waals surface area contributed by atoms with E-state index in [2.05, 4.69) is 0 Å². The van der Waals surface area contributed by atoms with Crippen LogP contribution in [0.2, 0.25) is 0 Å². The number of hydrogen-bond donors (Lipinski definition) is 3. The first-order valence-electron chi connectivity index (χ1n) is 5.49. The van der Waals surface area contributed by atoms with Gasteiger partial charge in [0.1, 0.15) is 12.1 Å². The molecule has 8 heteroatoms. The molecule has 0 radical (unpaired) electrons. The highest BCUT2D eigenvalue weighted by atomic mass is 33.1. The van der Waals surface area contributed by atoms with Crippen molar-refractivity contribution in [2.24, 2.45) is 17.4 Å². The first-order chi connectivity index (χ1) is 8.34. The quantitative estimate of drug-likeness (QED) is 0.316. The molecule has 0 rings (SSSR count). The molecule has 0 aromatic rings. The highest BCUT2D eigenvalue weighted by Crippen LogP contribution is 2.22. The molecule has 6 nitrogen and oxygen atoms in total. The molecule has 106 valence electrons. The lowest BCUT2D eigenvalue weighted by Crippen LogP contribution is -2.35. The lowest BCUT2D eigenvalue weighted by Gasteiger charge is -2.12. The van der Waals surface area contributed by atoms with Crippen LogP contribution in [0, 0.1) is 5.92 Å². The fourth-order valence-electron chi connectivity index (χ4n) is 0.738. The molecular formula is C10H20N2O4S2. The van der Waals surface area contributed by atoms with E-state index in [9.17, 15) is 9.59 Å². The van der Waals surface area contributed by atoms with E-state index in [1.165, 1.54) is 21.6 Å². The molecule has 0 fully saturated rings. The number of carboxylic acids is 1. The van der Waals surface area contributed by atoms with Gasteiger partial charge in [-0.25, -0.2) is 0 Å². The van der Waals surface area contributed by atoms with Gasteiger partial charge >= 0.3 is 11.9 Å². The summed E-state index contributed by atoms with van der Waals surface area (Å²) in [7, 11) is 2.60. The van der Waals surface area contributed by atoms with Gasteiger partial charge in [0.05, 0.1) is 6.61 Å². The monoisotopic (exact) mass is 296 g/mol. The van der Waals surface area contributed by atoms with Crippen molar-refractivity contribution in [3.8, 4) is 0 Å². The van der Waals surface area contributed by atoms with Crippen molar-refractivity contribution >= 4 is 33.5 Å². The molecule has 2 unspecified atom stereocenters. The summed E-state index contributed by atoms with van der Waals surface area (Å²) in [6, 6.07) is -1.59. The van der Waals surface area contributed by atoms with Gasteiger partial charge in [-0.15, -0.1) is 0 Å². The highest BCUT2D eigenvalue weighted by molar-refractivity contribution is 8.76. The average Bonchev–Trinajstić information content (AvgIpc) is 2.30. The Morgan fingerprint density at radius 1 is 1.17 bits per heavy atom. The van der Waals surface area contributed by atoms with E-state index in [1.807, 2.05) is 13.8 Å². The molecule has 0 aromatic heterocycles. The van der Waals surface area contributed by atoms with Crippen LogP contribution >= 0.6 is 21.6 Å². The zero-order chi connectivity index (χ0) is 14.1. The van der Waals surface area contributed by atoms with E-state index in [0.29, 0.717) is 12.4 Å². The summed E-state index contributed by atoms with van der Waals surface area (Å²) >= 11 is 0. The van der Waals surface area contributed by atoms with Gasteiger partial charge in [0.2, 0.25) is 0 Å². The number of ether oxygens (including phenoxy) is 1. The van der Waals surface area contributed by atoms with Crippen molar-refractivity contribution in [1.82, 2.24) is 0 Å². The second-order valence-corrected chi connectivity index (χ2v) is 6.70. The zero-order valence-corrected chi connectivity index (χ0v) is 12.1. The second-order valence-electron chi connectivity index (χ2n) is 4.14. The largest absolute Gasteiger partial charge is 0.480 e. The van der Waals surface area contributed by atoms with Gasteiger partial charge in [-0.05, 0) is 5.92 Å². The fraction of sp³-hybridized carbons (Fsp3) is 0.800. The predicted octanol–water partition coefficient (Wildman–Crippen LogP) is 0.306. The van der Waals surface area contributed by atoms with E-state index in [-0.39, 0.29) is 11.7 Å². The van der Waals surface area contributed by atoms with E-state index in [4.69, 9.17) is 21.3 Å². The van der Waals surface area contributed by atoms with Gasteiger partial charge < -0.3 is 21.3 Å². The number of carbonyl (C=O) groups is 2. The van der Waals surface area contributed by atoms with Gasteiger partial charge in [-0.3, -0.25) is 9.59 Å². The number of aliphatic carboxylic acids is 1. The maximum Gasteiger partial charge on any atom is 0.323 e. The first kappa shape index (κ1) is 17.6. The lowest BCUT2D eigenvalue weighted by atomic mass is 10.2. The maximum absolute atomic E-state index is 11.4. The summed E-state index contributed by atoms with van der Waals surface area (Å²) in [5.41, 5.74) is 10.9. The van der Waals surface area contributed by atoms with Crippen LogP contribution in [0.4, 0.5) is 0 Å². The summed E-state index contributed by atoms with van der Waals surface area (Å²) in [5, 5.41) is 8.55. The van der Waals surface area contributed by atoms with Crippen LogP contribution in [0.3, 0.4) is 0 Å². The van der Waals surface area contributed by atoms with Crippen molar-refractivity contribution in [1.29, 1.82) is 0 Å². The lowest BCUT2D eigenvalue weighted by molar-refractivity contribution is -0.145. The Hall–Kier alpha value is -0.440. The summed E-state index contributed by atoms with van der Waals surface area (Å²) in [5.74, 6) is -0.554. The average molecular weight is 296 g/mol. The van der Waals surface area contributed by atoms with Gasteiger partial charge in [-0.2, -0.15) is 0 Å². The van der Waals surface area contributed by atoms with Crippen LogP contribution in [-0.2, 0) is 14.3 Å². The Morgan fingerprint density at radius 2 is 1.67 bits per heavy atom. The molecule has 2 atom stereocenters. The van der Waals surface area contributed by atoms with E-state index in [0.717, 1.165) is 0 Å². The van der Waals surface area contributed by atoms with Crippen LogP contribution in [0.25, 0.3) is 0 Å². The molecule has 0 aromatic carbocycles. The Labute approximate surface area is 115 Å². The smallest absolute Gasteiger partial charge is 0.323 e. The normalized spacial score (nSPS) is 14.3. The number of esters is 1. The highest BCUT2D eigenvalue weighted by Gasteiger charge is 2.17. The van der Waals surface area contributed by atoms with E-state index >= 15 is 0 Å². The van der Waals surface area contributed by atoms with Crippen LogP contribution in [0.5, 0.6) is 0 Å². The molecule has 0 saturated carbocycles. The second kappa shape index (κ2) is 9.48. The third kappa shape index (κ3) is 8.62. The number of hydrogen-bond acceptors (Lipinski definition) is 7. The van der Waals surface area contributed by atoms with Crippen LogP contribution in [-0.4, -0.2) is 47.2 Å². The topological polar surface area (TPSA) is 116 Å². The number of carboxylic acid groups (broad SMARTS) is 1. The Morgan fingerprint density at radius 3 is 2.11 bits per heavy atom. The van der Waals surface area contributed by atoms with E-state index in [1.54, 1.807) is 0 Å². The summed E-state index contributed by atoms with van der Waals surface area (Å²) in [6.07, 6.45) is 0. The van der Waals surface area contributed by atoms with Crippen molar-refractivity contribution in [2.75, 3.05) is 18.1 Å². The predicted molar refractivity (Wildman–Crippen MR) is 74.3 cm³/mol. The van der Waals surface area contributed by atoms with Crippen molar-refractivity contribution in [3.63, 3.8) is 0 Å². The SMILES string of the molecule is CC(C)COC(=O)C(N)CSSCC(N)C(=O)O. The molecule has 18 heavy (non-hydrogen) atoms. The molecule has 0 aliphatic heterocycles. The Balaban J connectivity index is 3.66. The third-order valence-corrected chi connectivity index (χ3v) is 4.23. The third-order valence-electron chi connectivity index (χ3n) is 1.76. The summed E-state index contributed by atoms with van der Waals surface area (Å²) < 4.78 is 4.98. The molecule has 5 N–H and O–H groups in total. The van der Waals surface area contributed by atoms with Gasteiger partial charge in [0.25, 0.3) is 0 Å². The molecule has 0 aliphatic carbocycles. The molecule has 0 saturated heterocycles. The van der Waals surface area contributed by atoms with Crippen molar-refractivity contribution < 1.29 is 19.4 Å². The van der Waals surface area contributed by atoms with Crippen molar-refractivity contribution in [2.45, 2.75) is 25.9 Å². The van der Waals surface area contributed by atoms with Crippen LogP contribution in [0.1, 0.15) is 13.8 Å². The molecule has 0 bridgehead atoms. The Bertz CT molecular complexity index is 277. The molecular weight excluding hydrogens is 276 g/mol. The standard InChI is InChI=1S/C10H20N2O4S2/c1-6(2)3-16-10(15)8(12)5-18-17-4-7(11)9(13)14/h6-8H,3-5,11-12H2,1-2H3,(H,13,14). The zero-order valence-electron chi connectivity index (χ0n) is 10.5. The van der Waals surface area contributed by atoms with Crippen molar-refractivity contribution in [3.05, 3.63) is 0 Å². The fourth-order valence-corrected chi connectivity index (χ4v) is 2.96. The minimum absolute atomic E-state index is 0.272. The molecule has 0 spiro atoms. The number of nitrogens with two attached hydrogens (primary N) is 2. The van der Waals surface area contributed by atoms with Gasteiger partial charge in [0.15, 0.2) is 0 Å². The van der Waals surface area contributed by atoms with E-state index < -0.39 is 24.0 Å². The number of carbonyl (C=O) groups excluding carboxylic acids is 1.